The van der Waals surface area contributed by atoms with Crippen LogP contribution in [-0.4, -0.2) is 24.1 Å². The number of hydrogen-bond acceptors (Lipinski definition) is 3. The van der Waals surface area contributed by atoms with Crippen molar-refractivity contribution in [3.8, 4) is 5.75 Å². The maximum atomic E-state index is 13.1. The summed E-state index contributed by atoms with van der Waals surface area (Å²) in [5.74, 6) is -1.04. The molecule has 3 N–H and O–H groups in total. The number of halogens is 1. The van der Waals surface area contributed by atoms with Gasteiger partial charge in [0.2, 0.25) is 5.91 Å². The van der Waals surface area contributed by atoms with E-state index in [1.54, 1.807) is 0 Å². The molecular weight excluding hydrogens is 223 g/mol. The number of carbonyl (C=O) groups is 1. The average molecular weight is 238 g/mol. The predicted molar refractivity (Wildman–Crippen MR) is 62.2 cm³/mol. The van der Waals surface area contributed by atoms with E-state index < -0.39 is 11.6 Å². The number of phenolic OH excluding ortho intramolecular Hbond substituents is 1. The second-order valence-corrected chi connectivity index (χ2v) is 4.36. The molecule has 92 valence electrons. The van der Waals surface area contributed by atoms with Gasteiger partial charge in [-0.25, -0.2) is 4.39 Å². The molecule has 1 aromatic rings. The summed E-state index contributed by atoms with van der Waals surface area (Å²) in [6.45, 7) is 3.55. The lowest BCUT2D eigenvalue weighted by Gasteiger charge is -2.31. The molecule has 5 heteroatoms. The van der Waals surface area contributed by atoms with E-state index in [4.69, 9.17) is 5.11 Å². The summed E-state index contributed by atoms with van der Waals surface area (Å²) in [4.78, 5) is 11.8. The molecule has 4 nitrogen and oxygen atoms in total. The van der Waals surface area contributed by atoms with Gasteiger partial charge in [-0.3, -0.25) is 4.79 Å². The third kappa shape index (κ3) is 2.55. The number of phenols is 1. The molecule has 1 heterocycles. The van der Waals surface area contributed by atoms with Crippen LogP contribution in [0.4, 0.5) is 10.1 Å². The van der Waals surface area contributed by atoms with E-state index in [2.05, 4.69) is 10.6 Å². The van der Waals surface area contributed by atoms with Crippen molar-refractivity contribution in [2.75, 3.05) is 18.4 Å². The lowest BCUT2D eigenvalue weighted by molar-refractivity contribution is -0.121. The van der Waals surface area contributed by atoms with Crippen molar-refractivity contribution in [1.29, 1.82) is 0 Å². The SMILES string of the molecule is CC(C(=O)Nc1ccc(O)c(F)c1)C1CNC1. The molecule has 0 bridgehead atoms. The minimum absolute atomic E-state index is 0.104. The Kier molecular flexibility index (Phi) is 3.28. The number of anilines is 1. The third-order valence-electron chi connectivity index (χ3n) is 3.15. The van der Waals surface area contributed by atoms with Crippen LogP contribution in [0.25, 0.3) is 0 Å². The van der Waals surface area contributed by atoms with Gasteiger partial charge in [0, 0.05) is 17.7 Å². The number of benzene rings is 1. The van der Waals surface area contributed by atoms with Crippen LogP contribution in [0.3, 0.4) is 0 Å². The number of hydrogen-bond donors (Lipinski definition) is 3. The fourth-order valence-electron chi connectivity index (χ4n) is 1.72. The van der Waals surface area contributed by atoms with Crippen molar-refractivity contribution < 1.29 is 14.3 Å². The molecule has 1 aliphatic heterocycles. The second-order valence-electron chi connectivity index (χ2n) is 4.36. The topological polar surface area (TPSA) is 61.4 Å². The van der Waals surface area contributed by atoms with Gasteiger partial charge in [0.25, 0.3) is 0 Å². The number of rotatable bonds is 3. The highest BCUT2D eigenvalue weighted by molar-refractivity contribution is 5.92. The molecule has 0 aromatic heterocycles. The highest BCUT2D eigenvalue weighted by Gasteiger charge is 2.28. The first-order chi connectivity index (χ1) is 8.08. The van der Waals surface area contributed by atoms with Crippen LogP contribution >= 0.6 is 0 Å². The van der Waals surface area contributed by atoms with E-state index in [1.165, 1.54) is 12.1 Å². The van der Waals surface area contributed by atoms with Crippen LogP contribution in [0, 0.1) is 17.7 Å². The largest absolute Gasteiger partial charge is 0.505 e. The van der Waals surface area contributed by atoms with Gasteiger partial charge < -0.3 is 15.7 Å². The molecule has 1 fully saturated rings. The van der Waals surface area contributed by atoms with E-state index in [1.807, 2.05) is 6.92 Å². The van der Waals surface area contributed by atoms with Crippen LogP contribution in [0.5, 0.6) is 5.75 Å². The van der Waals surface area contributed by atoms with Gasteiger partial charge >= 0.3 is 0 Å². The van der Waals surface area contributed by atoms with Crippen LogP contribution < -0.4 is 10.6 Å². The van der Waals surface area contributed by atoms with Crippen LogP contribution in [-0.2, 0) is 4.79 Å². The molecule has 1 aliphatic rings. The average Bonchev–Trinajstić information content (AvgIpc) is 2.21. The first-order valence-corrected chi connectivity index (χ1v) is 5.58. The number of aromatic hydroxyl groups is 1. The molecular formula is C12H15FN2O2. The second kappa shape index (κ2) is 4.71. The molecule has 1 aromatic carbocycles. The maximum absolute atomic E-state index is 13.1. The quantitative estimate of drug-likeness (QED) is 0.696. The van der Waals surface area contributed by atoms with Crippen molar-refractivity contribution in [1.82, 2.24) is 5.32 Å². The Morgan fingerprint density at radius 2 is 2.29 bits per heavy atom. The summed E-state index contributed by atoms with van der Waals surface area (Å²) < 4.78 is 13.1. The van der Waals surface area contributed by atoms with Gasteiger partial charge in [-0.15, -0.1) is 0 Å². The first kappa shape index (κ1) is 11.9. The molecule has 1 amide bonds. The fourth-order valence-corrected chi connectivity index (χ4v) is 1.72. The maximum Gasteiger partial charge on any atom is 0.227 e. The fraction of sp³-hybridized carbons (Fsp3) is 0.417. The van der Waals surface area contributed by atoms with E-state index in [-0.39, 0.29) is 11.8 Å². The molecule has 17 heavy (non-hydrogen) atoms. The van der Waals surface area contributed by atoms with E-state index in [0.29, 0.717) is 11.6 Å². The van der Waals surface area contributed by atoms with E-state index >= 15 is 0 Å². The van der Waals surface area contributed by atoms with Crippen molar-refractivity contribution in [2.24, 2.45) is 11.8 Å². The number of carbonyl (C=O) groups excluding carboxylic acids is 1. The van der Waals surface area contributed by atoms with Gasteiger partial charge in [-0.05, 0) is 31.1 Å². The third-order valence-corrected chi connectivity index (χ3v) is 3.15. The summed E-state index contributed by atoms with van der Waals surface area (Å²) in [5, 5.41) is 14.8. The van der Waals surface area contributed by atoms with Crippen LogP contribution in [0.15, 0.2) is 18.2 Å². The standard InChI is InChI=1S/C12H15FN2O2/c1-7(8-5-14-6-8)12(17)15-9-2-3-11(16)10(13)4-9/h2-4,7-8,14,16H,5-6H2,1H3,(H,15,17). The minimum Gasteiger partial charge on any atom is -0.505 e. The highest BCUT2D eigenvalue weighted by atomic mass is 19.1. The lowest BCUT2D eigenvalue weighted by atomic mass is 9.88. The Bertz CT molecular complexity index is 433. The molecule has 0 saturated carbocycles. The predicted octanol–water partition coefficient (Wildman–Crippen LogP) is 1.33. The van der Waals surface area contributed by atoms with Crippen LogP contribution in [0.1, 0.15) is 6.92 Å². The summed E-state index contributed by atoms with van der Waals surface area (Å²) in [6.07, 6.45) is 0. The van der Waals surface area contributed by atoms with Crippen molar-refractivity contribution >= 4 is 11.6 Å². The van der Waals surface area contributed by atoms with Gasteiger partial charge in [0.1, 0.15) is 0 Å². The Labute approximate surface area is 98.8 Å². The Morgan fingerprint density at radius 1 is 1.59 bits per heavy atom. The minimum atomic E-state index is -0.735. The molecule has 0 spiro atoms. The highest BCUT2D eigenvalue weighted by Crippen LogP contribution is 2.22. The zero-order valence-electron chi connectivity index (χ0n) is 9.53. The Balaban J connectivity index is 1.99. The molecule has 2 rings (SSSR count). The molecule has 0 aliphatic carbocycles. The normalized spacial score (nSPS) is 17.3. The lowest BCUT2D eigenvalue weighted by Crippen LogP contribution is -2.48. The van der Waals surface area contributed by atoms with Crippen molar-refractivity contribution in [3.63, 3.8) is 0 Å². The Hall–Kier alpha value is -1.62. The summed E-state index contributed by atoms with van der Waals surface area (Å²) >= 11 is 0. The van der Waals surface area contributed by atoms with E-state index in [0.717, 1.165) is 19.2 Å². The van der Waals surface area contributed by atoms with E-state index in [9.17, 15) is 9.18 Å². The van der Waals surface area contributed by atoms with Gasteiger partial charge in [-0.2, -0.15) is 0 Å². The monoisotopic (exact) mass is 238 g/mol. The zero-order valence-corrected chi connectivity index (χ0v) is 9.53. The van der Waals surface area contributed by atoms with Crippen molar-refractivity contribution in [3.05, 3.63) is 24.0 Å². The smallest absolute Gasteiger partial charge is 0.227 e. The number of amides is 1. The van der Waals surface area contributed by atoms with Gasteiger partial charge in [-0.1, -0.05) is 6.92 Å². The summed E-state index contributed by atoms with van der Waals surface area (Å²) in [6, 6.07) is 3.81. The molecule has 1 atom stereocenters. The molecule has 0 radical (unpaired) electrons. The molecule has 1 unspecified atom stereocenters. The molecule has 1 saturated heterocycles. The summed E-state index contributed by atoms with van der Waals surface area (Å²) in [5.41, 5.74) is 0.365. The van der Waals surface area contributed by atoms with Gasteiger partial charge in [0.15, 0.2) is 11.6 Å². The summed E-state index contributed by atoms with van der Waals surface area (Å²) in [7, 11) is 0. The van der Waals surface area contributed by atoms with Crippen molar-refractivity contribution in [2.45, 2.75) is 6.92 Å². The van der Waals surface area contributed by atoms with Crippen LogP contribution in [0.2, 0.25) is 0 Å². The van der Waals surface area contributed by atoms with Gasteiger partial charge in [0.05, 0.1) is 0 Å². The first-order valence-electron chi connectivity index (χ1n) is 5.58. The Morgan fingerprint density at radius 3 is 2.82 bits per heavy atom. The number of nitrogens with one attached hydrogen (secondary N) is 2. The zero-order chi connectivity index (χ0) is 12.4.